The maximum Gasteiger partial charge on any atom is 0.227 e. The van der Waals surface area contributed by atoms with Crippen molar-refractivity contribution < 1.29 is 9.53 Å². The normalized spacial score (nSPS) is 12.4. The van der Waals surface area contributed by atoms with Gasteiger partial charge in [0, 0.05) is 29.5 Å². The van der Waals surface area contributed by atoms with E-state index in [0.29, 0.717) is 6.54 Å². The van der Waals surface area contributed by atoms with E-state index in [1.807, 2.05) is 64.1 Å². The van der Waals surface area contributed by atoms with Gasteiger partial charge >= 0.3 is 0 Å². The fraction of sp³-hybridized carbons (Fsp3) is 0.381. The Morgan fingerprint density at radius 3 is 2.58 bits per heavy atom. The van der Waals surface area contributed by atoms with Gasteiger partial charge in [-0.3, -0.25) is 4.79 Å². The molecule has 0 aromatic heterocycles. The largest absolute Gasteiger partial charge is 0.497 e. The third-order valence-corrected chi connectivity index (χ3v) is 4.07. The molecule has 140 valence electrons. The van der Waals surface area contributed by atoms with E-state index in [0.717, 1.165) is 28.3 Å². The lowest BCUT2D eigenvalue weighted by molar-refractivity contribution is -0.122. The van der Waals surface area contributed by atoms with Crippen LogP contribution < -0.4 is 21.1 Å². The molecule has 0 bridgehead atoms. The number of hydrogen-bond donors (Lipinski definition) is 3. The molecule has 5 nitrogen and oxygen atoms in total. The summed E-state index contributed by atoms with van der Waals surface area (Å²) in [5, 5.41) is 6.29. The number of anilines is 2. The molecule has 1 amide bonds. The van der Waals surface area contributed by atoms with Gasteiger partial charge in [0.25, 0.3) is 0 Å². The first-order valence-corrected chi connectivity index (χ1v) is 8.77. The van der Waals surface area contributed by atoms with Crippen molar-refractivity contribution in [3.8, 4) is 5.75 Å². The Labute approximate surface area is 155 Å². The minimum absolute atomic E-state index is 0.0297. The van der Waals surface area contributed by atoms with E-state index in [4.69, 9.17) is 10.5 Å². The Bertz CT molecular complexity index is 766. The van der Waals surface area contributed by atoms with Crippen LogP contribution in [0.2, 0.25) is 0 Å². The average Bonchev–Trinajstić information content (AvgIpc) is 2.58. The summed E-state index contributed by atoms with van der Waals surface area (Å²) < 4.78 is 5.32. The molecular weight excluding hydrogens is 326 g/mol. The number of amides is 1. The second-order valence-corrected chi connectivity index (χ2v) is 7.42. The number of carbonyl (C=O) groups excluding carboxylic acids is 1. The lowest BCUT2D eigenvalue weighted by Gasteiger charge is -2.21. The van der Waals surface area contributed by atoms with Crippen LogP contribution in [0.15, 0.2) is 42.5 Å². The zero-order chi connectivity index (χ0) is 19.3. The minimum Gasteiger partial charge on any atom is -0.497 e. The zero-order valence-corrected chi connectivity index (χ0v) is 16.2. The molecule has 1 atom stereocenters. The lowest BCUT2D eigenvalue weighted by atomic mass is 9.99. The van der Waals surface area contributed by atoms with Crippen LogP contribution in [-0.4, -0.2) is 25.1 Å². The van der Waals surface area contributed by atoms with E-state index in [2.05, 4.69) is 16.7 Å². The molecule has 2 aromatic rings. The van der Waals surface area contributed by atoms with Crippen LogP contribution in [0.1, 0.15) is 37.8 Å². The molecule has 0 fully saturated rings. The topological polar surface area (TPSA) is 76.4 Å². The van der Waals surface area contributed by atoms with Gasteiger partial charge in [-0.25, -0.2) is 0 Å². The van der Waals surface area contributed by atoms with Gasteiger partial charge in [0.2, 0.25) is 5.91 Å². The predicted molar refractivity (Wildman–Crippen MR) is 107 cm³/mol. The van der Waals surface area contributed by atoms with E-state index < -0.39 is 5.54 Å². The molecule has 0 saturated heterocycles. The van der Waals surface area contributed by atoms with Gasteiger partial charge in [0.1, 0.15) is 5.75 Å². The van der Waals surface area contributed by atoms with Crippen LogP contribution in [0, 0.1) is 6.92 Å². The van der Waals surface area contributed by atoms with E-state index in [9.17, 15) is 4.79 Å². The standard InChI is InChI=1S/C21H29N3O2/c1-14-9-18(12-19(10-14)26-5)24-17-8-6-7-16(11-17)15(2)20(25)23-13-21(3,4)22/h6-12,15,24H,13,22H2,1-5H3,(H,23,25). The number of ether oxygens (including phenoxy) is 1. The van der Waals surface area contributed by atoms with Crippen LogP contribution in [0.3, 0.4) is 0 Å². The first kappa shape index (κ1) is 19.8. The van der Waals surface area contributed by atoms with E-state index in [1.165, 1.54) is 0 Å². The highest BCUT2D eigenvalue weighted by molar-refractivity contribution is 5.83. The third kappa shape index (κ3) is 5.77. The number of carbonyl (C=O) groups is 1. The summed E-state index contributed by atoms with van der Waals surface area (Å²) in [5.41, 5.74) is 9.43. The van der Waals surface area contributed by atoms with Crippen molar-refractivity contribution in [2.75, 3.05) is 19.0 Å². The summed E-state index contributed by atoms with van der Waals surface area (Å²) in [5.74, 6) is 0.518. The summed E-state index contributed by atoms with van der Waals surface area (Å²) in [6, 6.07) is 13.8. The minimum atomic E-state index is -0.428. The van der Waals surface area contributed by atoms with Crippen molar-refractivity contribution in [2.24, 2.45) is 5.73 Å². The Balaban J connectivity index is 2.12. The number of nitrogens with two attached hydrogens (primary N) is 1. The summed E-state index contributed by atoms with van der Waals surface area (Å²) >= 11 is 0. The van der Waals surface area contributed by atoms with Crippen LogP contribution in [-0.2, 0) is 4.79 Å². The van der Waals surface area contributed by atoms with Crippen molar-refractivity contribution in [3.63, 3.8) is 0 Å². The fourth-order valence-electron chi connectivity index (χ4n) is 2.61. The highest BCUT2D eigenvalue weighted by Gasteiger charge is 2.18. The number of rotatable bonds is 7. The third-order valence-electron chi connectivity index (χ3n) is 4.07. The molecule has 2 rings (SSSR count). The summed E-state index contributed by atoms with van der Waals surface area (Å²) in [6.07, 6.45) is 0. The second kappa shape index (κ2) is 8.23. The van der Waals surface area contributed by atoms with E-state index in [1.54, 1.807) is 7.11 Å². The molecule has 1 unspecified atom stereocenters. The van der Waals surface area contributed by atoms with Gasteiger partial charge < -0.3 is 21.1 Å². The van der Waals surface area contributed by atoms with Gasteiger partial charge in [-0.15, -0.1) is 0 Å². The maximum atomic E-state index is 12.4. The number of benzene rings is 2. The molecule has 0 aliphatic rings. The quantitative estimate of drug-likeness (QED) is 0.708. The van der Waals surface area contributed by atoms with E-state index in [-0.39, 0.29) is 11.8 Å². The SMILES string of the molecule is COc1cc(C)cc(Nc2cccc(C(C)C(=O)NCC(C)(C)N)c2)c1. The monoisotopic (exact) mass is 355 g/mol. The van der Waals surface area contributed by atoms with Crippen LogP contribution in [0.4, 0.5) is 11.4 Å². The van der Waals surface area contributed by atoms with Crippen LogP contribution >= 0.6 is 0 Å². The van der Waals surface area contributed by atoms with Gasteiger partial charge in [0.05, 0.1) is 13.0 Å². The smallest absolute Gasteiger partial charge is 0.227 e. The van der Waals surface area contributed by atoms with Crippen LogP contribution in [0.25, 0.3) is 0 Å². The average molecular weight is 355 g/mol. The van der Waals surface area contributed by atoms with Crippen molar-refractivity contribution in [2.45, 2.75) is 39.2 Å². The number of aryl methyl sites for hydroxylation is 1. The van der Waals surface area contributed by atoms with Gasteiger partial charge in [-0.2, -0.15) is 0 Å². The Morgan fingerprint density at radius 2 is 1.92 bits per heavy atom. The van der Waals surface area contributed by atoms with Gasteiger partial charge in [-0.05, 0) is 63.1 Å². The molecule has 0 aliphatic heterocycles. The lowest BCUT2D eigenvalue weighted by Crippen LogP contribution is -2.46. The highest BCUT2D eigenvalue weighted by Crippen LogP contribution is 2.26. The van der Waals surface area contributed by atoms with Crippen molar-refractivity contribution in [1.29, 1.82) is 0 Å². The Hall–Kier alpha value is -2.53. The Kier molecular flexibility index (Phi) is 6.27. The number of methoxy groups -OCH3 is 1. The first-order chi connectivity index (χ1) is 12.2. The molecule has 0 radical (unpaired) electrons. The summed E-state index contributed by atoms with van der Waals surface area (Å²) in [4.78, 5) is 12.4. The van der Waals surface area contributed by atoms with Gasteiger partial charge in [0.15, 0.2) is 0 Å². The molecule has 4 N–H and O–H groups in total. The predicted octanol–water partition coefficient (Wildman–Crippen LogP) is 3.70. The molecule has 5 heteroatoms. The molecule has 2 aromatic carbocycles. The second-order valence-electron chi connectivity index (χ2n) is 7.42. The summed E-state index contributed by atoms with van der Waals surface area (Å²) in [6.45, 7) is 8.14. The van der Waals surface area contributed by atoms with Crippen molar-refractivity contribution in [1.82, 2.24) is 5.32 Å². The Morgan fingerprint density at radius 1 is 1.19 bits per heavy atom. The maximum absolute atomic E-state index is 12.4. The highest BCUT2D eigenvalue weighted by atomic mass is 16.5. The number of hydrogen-bond acceptors (Lipinski definition) is 4. The molecule has 26 heavy (non-hydrogen) atoms. The molecular formula is C21H29N3O2. The molecule has 0 heterocycles. The van der Waals surface area contributed by atoms with E-state index >= 15 is 0 Å². The van der Waals surface area contributed by atoms with Crippen molar-refractivity contribution in [3.05, 3.63) is 53.6 Å². The molecule has 0 saturated carbocycles. The summed E-state index contributed by atoms with van der Waals surface area (Å²) in [7, 11) is 1.65. The van der Waals surface area contributed by atoms with Crippen LogP contribution in [0.5, 0.6) is 5.75 Å². The zero-order valence-electron chi connectivity index (χ0n) is 16.2. The van der Waals surface area contributed by atoms with Crippen molar-refractivity contribution >= 4 is 17.3 Å². The first-order valence-electron chi connectivity index (χ1n) is 8.77. The fourth-order valence-corrected chi connectivity index (χ4v) is 2.61. The number of nitrogens with one attached hydrogen (secondary N) is 2. The van der Waals surface area contributed by atoms with Gasteiger partial charge in [-0.1, -0.05) is 12.1 Å². The molecule has 0 spiro atoms. The molecule has 0 aliphatic carbocycles.